The fraction of sp³-hybridized carbons (Fsp3) is 0. The standard InChI is InChI=1S/C33H21Cl2N3O2S/c34-24-16-17-28(27(35)20-24)38-32(40)26(31(39)36-33(38)41)18-23-19-29(21-10-4-1-5-11-21)37(25-14-8-3-9-15-25)30(23)22-12-6-2-7-13-22/h1-20H,(H,36,39,41)/b26-18-. The zero-order valence-corrected chi connectivity index (χ0v) is 23.8. The first-order valence-electron chi connectivity index (χ1n) is 12.7. The number of rotatable bonds is 5. The molecule has 41 heavy (non-hydrogen) atoms. The number of nitrogens with zero attached hydrogens (tertiary/aromatic N) is 2. The number of halogens is 2. The summed E-state index contributed by atoms with van der Waals surface area (Å²) in [6.45, 7) is 0. The second-order valence-electron chi connectivity index (χ2n) is 9.29. The largest absolute Gasteiger partial charge is 0.309 e. The summed E-state index contributed by atoms with van der Waals surface area (Å²) in [5.74, 6) is -1.18. The van der Waals surface area contributed by atoms with Crippen LogP contribution in [0.3, 0.4) is 0 Å². The van der Waals surface area contributed by atoms with Gasteiger partial charge in [-0.3, -0.25) is 19.8 Å². The summed E-state index contributed by atoms with van der Waals surface area (Å²) in [6.07, 6.45) is 1.62. The molecule has 1 aromatic heterocycles. The molecule has 5 nitrogen and oxygen atoms in total. The van der Waals surface area contributed by atoms with E-state index in [2.05, 4.69) is 9.88 Å². The molecule has 4 aromatic carbocycles. The lowest BCUT2D eigenvalue weighted by Crippen LogP contribution is -2.54. The Hall–Kier alpha value is -4.49. The van der Waals surface area contributed by atoms with Crippen molar-refractivity contribution < 1.29 is 9.59 Å². The van der Waals surface area contributed by atoms with Gasteiger partial charge >= 0.3 is 0 Å². The second-order valence-corrected chi connectivity index (χ2v) is 10.5. The van der Waals surface area contributed by atoms with Crippen molar-refractivity contribution in [3.63, 3.8) is 0 Å². The Morgan fingerprint density at radius 3 is 1.98 bits per heavy atom. The van der Waals surface area contributed by atoms with Crippen molar-refractivity contribution in [3.8, 4) is 28.2 Å². The first-order chi connectivity index (χ1) is 19.9. The smallest absolute Gasteiger partial charge is 0.270 e. The van der Waals surface area contributed by atoms with Crippen LogP contribution in [0.25, 0.3) is 34.3 Å². The number of para-hydroxylation sites is 1. The van der Waals surface area contributed by atoms with Gasteiger partial charge in [0.15, 0.2) is 5.11 Å². The highest BCUT2D eigenvalue weighted by molar-refractivity contribution is 7.80. The molecular weight excluding hydrogens is 573 g/mol. The summed E-state index contributed by atoms with van der Waals surface area (Å²) in [7, 11) is 0. The van der Waals surface area contributed by atoms with Crippen molar-refractivity contribution >= 4 is 64.1 Å². The molecule has 1 saturated heterocycles. The highest BCUT2D eigenvalue weighted by Gasteiger charge is 2.36. The second kappa shape index (κ2) is 11.2. The molecule has 6 rings (SSSR count). The molecule has 0 radical (unpaired) electrons. The molecule has 2 amide bonds. The van der Waals surface area contributed by atoms with Crippen molar-refractivity contribution in [1.82, 2.24) is 9.88 Å². The summed E-state index contributed by atoms with van der Waals surface area (Å²) in [4.78, 5) is 28.3. The molecule has 1 fully saturated rings. The van der Waals surface area contributed by atoms with Crippen LogP contribution in [-0.4, -0.2) is 21.5 Å². The lowest BCUT2D eigenvalue weighted by atomic mass is 10.0. The lowest BCUT2D eigenvalue weighted by Gasteiger charge is -2.29. The zero-order chi connectivity index (χ0) is 28.5. The third-order valence-electron chi connectivity index (χ3n) is 6.71. The van der Waals surface area contributed by atoms with Crippen LogP contribution in [0.1, 0.15) is 5.56 Å². The molecule has 8 heteroatoms. The molecule has 0 atom stereocenters. The number of amides is 2. The van der Waals surface area contributed by atoms with Gasteiger partial charge in [-0.1, -0.05) is 102 Å². The van der Waals surface area contributed by atoms with Crippen LogP contribution >= 0.6 is 35.4 Å². The monoisotopic (exact) mass is 593 g/mol. The number of carbonyl (C=O) groups is 2. The van der Waals surface area contributed by atoms with E-state index >= 15 is 0 Å². The Labute approximate surface area is 252 Å². The average molecular weight is 595 g/mol. The van der Waals surface area contributed by atoms with Crippen molar-refractivity contribution in [1.29, 1.82) is 0 Å². The lowest BCUT2D eigenvalue weighted by molar-refractivity contribution is -0.122. The molecule has 5 aromatic rings. The van der Waals surface area contributed by atoms with Crippen LogP contribution in [0.5, 0.6) is 0 Å². The van der Waals surface area contributed by atoms with E-state index in [-0.39, 0.29) is 15.7 Å². The van der Waals surface area contributed by atoms with E-state index in [4.69, 9.17) is 35.4 Å². The minimum atomic E-state index is -0.589. The Kier molecular flexibility index (Phi) is 7.28. The van der Waals surface area contributed by atoms with Crippen molar-refractivity contribution in [2.75, 3.05) is 4.90 Å². The minimum Gasteiger partial charge on any atom is -0.309 e. The molecule has 0 unspecified atom stereocenters. The average Bonchev–Trinajstić information content (AvgIpc) is 3.37. The van der Waals surface area contributed by atoms with E-state index in [0.717, 1.165) is 28.2 Å². The van der Waals surface area contributed by atoms with Gasteiger partial charge in [0.05, 0.1) is 22.1 Å². The number of carbonyl (C=O) groups excluding carboxylic acids is 2. The molecular formula is C33H21Cl2N3O2S. The van der Waals surface area contributed by atoms with Gasteiger partial charge in [-0.15, -0.1) is 0 Å². The molecule has 0 spiro atoms. The molecule has 1 aliphatic heterocycles. The number of hydrogen-bond donors (Lipinski definition) is 1. The van der Waals surface area contributed by atoms with Crippen molar-refractivity contribution in [2.45, 2.75) is 0 Å². The van der Waals surface area contributed by atoms with Gasteiger partial charge in [0.25, 0.3) is 11.8 Å². The van der Waals surface area contributed by atoms with Crippen LogP contribution in [0.4, 0.5) is 5.69 Å². The normalized spacial score (nSPS) is 14.4. The van der Waals surface area contributed by atoms with E-state index in [9.17, 15) is 9.59 Å². The third kappa shape index (κ3) is 5.09. The van der Waals surface area contributed by atoms with E-state index in [0.29, 0.717) is 16.3 Å². The molecule has 200 valence electrons. The number of anilines is 1. The van der Waals surface area contributed by atoms with Crippen LogP contribution in [0, 0.1) is 0 Å². The number of aromatic nitrogens is 1. The van der Waals surface area contributed by atoms with Gasteiger partial charge in [0.1, 0.15) is 5.57 Å². The van der Waals surface area contributed by atoms with Crippen LogP contribution in [-0.2, 0) is 9.59 Å². The maximum Gasteiger partial charge on any atom is 0.270 e. The predicted octanol–water partition coefficient (Wildman–Crippen LogP) is 7.95. The van der Waals surface area contributed by atoms with Gasteiger partial charge < -0.3 is 4.57 Å². The highest BCUT2D eigenvalue weighted by Crippen LogP contribution is 2.38. The molecule has 1 aliphatic rings. The van der Waals surface area contributed by atoms with Crippen LogP contribution in [0.2, 0.25) is 10.0 Å². The van der Waals surface area contributed by atoms with Crippen molar-refractivity contribution in [3.05, 3.63) is 136 Å². The Balaban J connectivity index is 1.59. The third-order valence-corrected chi connectivity index (χ3v) is 7.54. The fourth-order valence-electron chi connectivity index (χ4n) is 4.89. The molecule has 0 bridgehead atoms. The van der Waals surface area contributed by atoms with Gasteiger partial charge in [0.2, 0.25) is 0 Å². The van der Waals surface area contributed by atoms with Crippen LogP contribution in [0.15, 0.2) is 121 Å². The molecule has 2 heterocycles. The molecule has 1 N–H and O–H groups in total. The predicted molar refractivity (Wildman–Crippen MR) is 169 cm³/mol. The summed E-state index contributed by atoms with van der Waals surface area (Å²) in [6, 6.07) is 36.5. The SMILES string of the molecule is O=C1NC(=S)N(c2ccc(Cl)cc2Cl)C(=O)/C1=C\c1cc(-c2ccccc2)n(-c2ccccc2)c1-c1ccccc1. The zero-order valence-electron chi connectivity index (χ0n) is 21.4. The number of benzene rings is 4. The first-order valence-corrected chi connectivity index (χ1v) is 13.9. The van der Waals surface area contributed by atoms with Gasteiger partial charge in [-0.25, -0.2) is 0 Å². The number of nitrogens with one attached hydrogen (secondary N) is 1. The topological polar surface area (TPSA) is 54.3 Å². The summed E-state index contributed by atoms with van der Waals surface area (Å²) >= 11 is 17.9. The van der Waals surface area contributed by atoms with E-state index < -0.39 is 11.8 Å². The maximum atomic E-state index is 13.9. The number of hydrogen-bond acceptors (Lipinski definition) is 3. The number of thiocarbonyl (C=S) groups is 1. The Bertz CT molecular complexity index is 1840. The molecule has 0 saturated carbocycles. The Morgan fingerprint density at radius 2 is 1.34 bits per heavy atom. The maximum absolute atomic E-state index is 13.9. The minimum absolute atomic E-state index is 0.0588. The van der Waals surface area contributed by atoms with E-state index in [1.165, 1.54) is 11.0 Å². The van der Waals surface area contributed by atoms with Gasteiger partial charge in [-0.2, -0.15) is 0 Å². The van der Waals surface area contributed by atoms with Gasteiger partial charge in [-0.05, 0) is 65.8 Å². The van der Waals surface area contributed by atoms with E-state index in [1.807, 2.05) is 97.1 Å². The first kappa shape index (κ1) is 26.7. The fourth-order valence-corrected chi connectivity index (χ4v) is 5.66. The summed E-state index contributed by atoms with van der Waals surface area (Å²) in [5.41, 5.74) is 5.50. The Morgan fingerprint density at radius 1 is 0.732 bits per heavy atom. The summed E-state index contributed by atoms with van der Waals surface area (Å²) in [5, 5.41) is 3.23. The highest BCUT2D eigenvalue weighted by atomic mass is 35.5. The van der Waals surface area contributed by atoms with E-state index in [1.54, 1.807) is 18.2 Å². The van der Waals surface area contributed by atoms with Gasteiger partial charge in [0, 0.05) is 16.3 Å². The molecule has 0 aliphatic carbocycles. The summed E-state index contributed by atoms with van der Waals surface area (Å²) < 4.78 is 2.14. The van der Waals surface area contributed by atoms with Crippen molar-refractivity contribution in [2.24, 2.45) is 0 Å². The van der Waals surface area contributed by atoms with Crippen LogP contribution < -0.4 is 10.2 Å². The quantitative estimate of drug-likeness (QED) is 0.128.